The molecule has 1 N–H and O–H groups in total. The molecular formula is C17H22BBrClNO3. The second-order valence-electron chi connectivity index (χ2n) is 6.88. The molecule has 1 aliphatic rings. The van der Waals surface area contributed by atoms with E-state index >= 15 is 0 Å². The van der Waals surface area contributed by atoms with E-state index in [1.54, 1.807) is 0 Å². The first-order valence-corrected chi connectivity index (χ1v) is 8.94. The van der Waals surface area contributed by atoms with E-state index in [-0.39, 0.29) is 5.91 Å². The maximum atomic E-state index is 11.3. The van der Waals surface area contributed by atoms with Crippen LogP contribution in [0.5, 0.6) is 0 Å². The van der Waals surface area contributed by atoms with Gasteiger partial charge in [-0.3, -0.25) is 4.79 Å². The third kappa shape index (κ3) is 4.42. The van der Waals surface area contributed by atoms with Gasteiger partial charge in [0.15, 0.2) is 0 Å². The van der Waals surface area contributed by atoms with Crippen LogP contribution < -0.4 is 5.32 Å². The van der Waals surface area contributed by atoms with E-state index in [0.29, 0.717) is 11.6 Å². The maximum Gasteiger partial charge on any atom is 0.492 e. The molecule has 0 radical (unpaired) electrons. The van der Waals surface area contributed by atoms with Gasteiger partial charge in [0.2, 0.25) is 5.91 Å². The Kier molecular flexibility index (Phi) is 5.85. The number of hydrogen-bond donors (Lipinski definition) is 1. The Labute approximate surface area is 157 Å². The fourth-order valence-electron chi connectivity index (χ4n) is 2.24. The van der Waals surface area contributed by atoms with E-state index in [1.165, 1.54) is 6.92 Å². The van der Waals surface area contributed by atoms with Crippen LogP contribution in [0.25, 0.3) is 6.08 Å². The van der Waals surface area contributed by atoms with E-state index in [0.717, 1.165) is 15.5 Å². The molecule has 0 saturated carbocycles. The average molecular weight is 415 g/mol. The van der Waals surface area contributed by atoms with Crippen molar-refractivity contribution in [3.8, 4) is 0 Å². The monoisotopic (exact) mass is 413 g/mol. The van der Waals surface area contributed by atoms with Gasteiger partial charge >= 0.3 is 7.12 Å². The van der Waals surface area contributed by atoms with Crippen molar-refractivity contribution in [2.45, 2.75) is 45.8 Å². The number of carbonyl (C=O) groups is 1. The molecule has 0 bridgehead atoms. The molecule has 0 aromatic heterocycles. The first-order chi connectivity index (χ1) is 11.0. The number of amides is 1. The van der Waals surface area contributed by atoms with Crippen LogP contribution >= 0.6 is 27.5 Å². The lowest BCUT2D eigenvalue weighted by atomic mass is 9.77. The summed E-state index contributed by atoms with van der Waals surface area (Å²) in [6.45, 7) is 9.84. The maximum absolute atomic E-state index is 11.3. The SMILES string of the molecule is CC(=O)NCC(=Cc1ccc(Cl)cc1Br)B1OC(C)(C)C(C)(C)O1. The van der Waals surface area contributed by atoms with Gasteiger partial charge in [-0.05, 0) is 50.9 Å². The Balaban J connectivity index is 2.35. The highest BCUT2D eigenvalue weighted by atomic mass is 79.9. The van der Waals surface area contributed by atoms with Crippen molar-refractivity contribution in [2.24, 2.45) is 0 Å². The Morgan fingerprint density at radius 1 is 1.29 bits per heavy atom. The topological polar surface area (TPSA) is 47.6 Å². The van der Waals surface area contributed by atoms with Gasteiger partial charge in [-0.1, -0.05) is 39.7 Å². The van der Waals surface area contributed by atoms with E-state index in [2.05, 4.69) is 21.2 Å². The third-order valence-corrected chi connectivity index (χ3v) is 5.32. The Morgan fingerprint density at radius 2 is 1.88 bits per heavy atom. The van der Waals surface area contributed by atoms with E-state index < -0.39 is 18.3 Å². The second-order valence-corrected chi connectivity index (χ2v) is 8.17. The van der Waals surface area contributed by atoms with Crippen molar-refractivity contribution >= 4 is 46.6 Å². The zero-order valence-electron chi connectivity index (χ0n) is 14.6. The molecule has 0 spiro atoms. The largest absolute Gasteiger partial charge is 0.492 e. The molecule has 2 rings (SSSR count). The first kappa shape index (κ1) is 19.5. The van der Waals surface area contributed by atoms with Crippen molar-refractivity contribution in [1.82, 2.24) is 5.32 Å². The van der Waals surface area contributed by atoms with Crippen LogP contribution in [0.15, 0.2) is 28.1 Å². The molecule has 24 heavy (non-hydrogen) atoms. The quantitative estimate of drug-likeness (QED) is 0.749. The highest BCUT2D eigenvalue weighted by Crippen LogP contribution is 2.39. The van der Waals surface area contributed by atoms with Crippen molar-refractivity contribution in [1.29, 1.82) is 0 Å². The fourth-order valence-corrected chi connectivity index (χ4v) is 3.04. The summed E-state index contributed by atoms with van der Waals surface area (Å²) in [6.07, 6.45) is 1.96. The summed E-state index contributed by atoms with van der Waals surface area (Å²) in [6, 6.07) is 5.55. The predicted octanol–water partition coefficient (Wildman–Crippen LogP) is 4.25. The Bertz CT molecular complexity index is 660. The van der Waals surface area contributed by atoms with Crippen LogP contribution in [-0.2, 0) is 14.1 Å². The molecule has 1 fully saturated rings. The molecule has 130 valence electrons. The van der Waals surface area contributed by atoms with Crippen LogP contribution in [0.3, 0.4) is 0 Å². The van der Waals surface area contributed by atoms with Gasteiger partial charge in [0.05, 0.1) is 11.2 Å². The van der Waals surface area contributed by atoms with Gasteiger partial charge in [0.25, 0.3) is 0 Å². The molecule has 1 heterocycles. The first-order valence-electron chi connectivity index (χ1n) is 7.77. The van der Waals surface area contributed by atoms with Crippen LogP contribution in [0.4, 0.5) is 0 Å². The molecule has 1 aromatic carbocycles. The standard InChI is InChI=1S/C17H22BBrClNO3/c1-11(22)21-10-13(8-12-6-7-14(20)9-15(12)19)18-23-16(2,3)17(4,5)24-18/h6-9H,10H2,1-5H3,(H,21,22). The Hall–Kier alpha value is -0.815. The smallest absolute Gasteiger partial charge is 0.400 e. The minimum Gasteiger partial charge on any atom is -0.400 e. The lowest BCUT2D eigenvalue weighted by Gasteiger charge is -2.32. The van der Waals surface area contributed by atoms with Gasteiger partial charge in [0, 0.05) is 23.0 Å². The number of carbonyl (C=O) groups excluding carboxylic acids is 1. The molecular weight excluding hydrogens is 392 g/mol. The van der Waals surface area contributed by atoms with Crippen LogP contribution in [-0.4, -0.2) is 30.8 Å². The van der Waals surface area contributed by atoms with Crippen LogP contribution in [0.1, 0.15) is 40.2 Å². The van der Waals surface area contributed by atoms with Crippen LogP contribution in [0, 0.1) is 0 Å². The lowest BCUT2D eigenvalue weighted by molar-refractivity contribution is -0.118. The molecule has 0 atom stereocenters. The summed E-state index contributed by atoms with van der Waals surface area (Å²) in [5.41, 5.74) is 0.898. The van der Waals surface area contributed by atoms with Gasteiger partial charge in [-0.2, -0.15) is 0 Å². The van der Waals surface area contributed by atoms with E-state index in [1.807, 2.05) is 52.0 Å². The van der Waals surface area contributed by atoms with Crippen molar-refractivity contribution in [3.63, 3.8) is 0 Å². The molecule has 4 nitrogen and oxygen atoms in total. The molecule has 1 aliphatic heterocycles. The molecule has 7 heteroatoms. The summed E-state index contributed by atoms with van der Waals surface area (Å²) in [7, 11) is -0.524. The van der Waals surface area contributed by atoms with Crippen LogP contribution in [0.2, 0.25) is 5.02 Å². The highest BCUT2D eigenvalue weighted by molar-refractivity contribution is 9.10. The molecule has 1 saturated heterocycles. The number of nitrogens with one attached hydrogen (secondary N) is 1. The fraction of sp³-hybridized carbons (Fsp3) is 0.471. The van der Waals surface area contributed by atoms with Gasteiger partial charge in [0.1, 0.15) is 0 Å². The predicted molar refractivity (Wildman–Crippen MR) is 102 cm³/mol. The van der Waals surface area contributed by atoms with Gasteiger partial charge in [-0.15, -0.1) is 0 Å². The normalized spacial score (nSPS) is 19.5. The molecule has 1 aromatic rings. The van der Waals surface area contributed by atoms with E-state index in [9.17, 15) is 4.79 Å². The lowest BCUT2D eigenvalue weighted by Crippen LogP contribution is -2.41. The number of halogens is 2. The van der Waals surface area contributed by atoms with Gasteiger partial charge < -0.3 is 14.6 Å². The highest BCUT2D eigenvalue weighted by Gasteiger charge is 2.52. The molecule has 0 aliphatic carbocycles. The van der Waals surface area contributed by atoms with Crippen molar-refractivity contribution in [3.05, 3.63) is 38.7 Å². The minimum absolute atomic E-state index is 0.104. The second kappa shape index (κ2) is 7.20. The summed E-state index contributed by atoms with van der Waals surface area (Å²) in [5.74, 6) is -0.104. The number of rotatable bonds is 4. The number of hydrogen-bond acceptors (Lipinski definition) is 3. The van der Waals surface area contributed by atoms with E-state index in [4.69, 9.17) is 20.9 Å². The molecule has 0 unspecified atom stereocenters. The van der Waals surface area contributed by atoms with Crippen molar-refractivity contribution < 1.29 is 14.1 Å². The summed E-state index contributed by atoms with van der Waals surface area (Å²) >= 11 is 9.51. The number of benzene rings is 1. The third-order valence-electron chi connectivity index (χ3n) is 4.40. The van der Waals surface area contributed by atoms with Crippen molar-refractivity contribution in [2.75, 3.05) is 6.54 Å². The summed E-state index contributed by atoms with van der Waals surface area (Å²) in [5, 5.41) is 3.47. The summed E-state index contributed by atoms with van der Waals surface area (Å²) in [4.78, 5) is 11.3. The average Bonchev–Trinajstić information content (AvgIpc) is 2.65. The molecule has 1 amide bonds. The zero-order valence-corrected chi connectivity index (χ0v) is 16.9. The van der Waals surface area contributed by atoms with Gasteiger partial charge in [-0.25, -0.2) is 0 Å². The minimum atomic E-state index is -0.524. The summed E-state index contributed by atoms with van der Waals surface area (Å²) < 4.78 is 13.1. The Morgan fingerprint density at radius 3 is 2.38 bits per heavy atom. The zero-order chi connectivity index (χ0) is 18.1.